The van der Waals surface area contributed by atoms with Gasteiger partial charge in [0.05, 0.1) is 24.9 Å². The Hall–Kier alpha value is -2.77. The van der Waals surface area contributed by atoms with Crippen LogP contribution in [-0.4, -0.2) is 53.8 Å². The van der Waals surface area contributed by atoms with E-state index in [-0.39, 0.29) is 6.04 Å². The van der Waals surface area contributed by atoms with E-state index in [4.69, 9.17) is 15.5 Å². The molecule has 140 valence electrons. The zero-order valence-electron chi connectivity index (χ0n) is 15.2. The second-order valence-corrected chi connectivity index (χ2v) is 6.70. The summed E-state index contributed by atoms with van der Waals surface area (Å²) in [5.41, 5.74) is 8.39. The van der Waals surface area contributed by atoms with Crippen molar-refractivity contribution in [2.24, 2.45) is 5.73 Å². The zero-order valence-corrected chi connectivity index (χ0v) is 15.2. The first kappa shape index (κ1) is 17.6. The van der Waals surface area contributed by atoms with E-state index < -0.39 is 0 Å². The van der Waals surface area contributed by atoms with E-state index in [0.29, 0.717) is 25.7 Å². The Morgan fingerprint density at radius 1 is 1.11 bits per heavy atom. The third-order valence-electron chi connectivity index (χ3n) is 4.65. The highest BCUT2D eigenvalue weighted by atomic mass is 16.5. The highest BCUT2D eigenvalue weighted by molar-refractivity contribution is 5.89. The highest BCUT2D eigenvalue weighted by Crippen LogP contribution is 2.23. The molecule has 3 aromatic rings. The van der Waals surface area contributed by atoms with Gasteiger partial charge in [0, 0.05) is 37.3 Å². The van der Waals surface area contributed by atoms with Gasteiger partial charge in [-0.1, -0.05) is 30.3 Å². The van der Waals surface area contributed by atoms with E-state index in [2.05, 4.69) is 32.3 Å². The summed E-state index contributed by atoms with van der Waals surface area (Å²) >= 11 is 0. The van der Waals surface area contributed by atoms with Crippen LogP contribution in [0.2, 0.25) is 0 Å². The van der Waals surface area contributed by atoms with Crippen molar-refractivity contribution >= 4 is 22.7 Å². The number of hydrogen-bond donors (Lipinski definition) is 2. The number of pyridine rings is 1. The molecule has 27 heavy (non-hydrogen) atoms. The molecule has 7 heteroatoms. The van der Waals surface area contributed by atoms with Crippen LogP contribution in [0.5, 0.6) is 0 Å². The number of nitrogens with two attached hydrogens (primary N) is 1. The number of fused-ring (bicyclic) bond motifs is 1. The van der Waals surface area contributed by atoms with Gasteiger partial charge in [0.25, 0.3) is 0 Å². The minimum absolute atomic E-state index is 0.00825. The van der Waals surface area contributed by atoms with Gasteiger partial charge in [0.15, 0.2) is 0 Å². The summed E-state index contributed by atoms with van der Waals surface area (Å²) in [6.07, 6.45) is 4.35. The SMILES string of the molecule is NC(CNc1nc(N2CCOCC2)nc2cnccc12)Cc1ccccc1. The van der Waals surface area contributed by atoms with Crippen molar-refractivity contribution in [2.45, 2.75) is 12.5 Å². The normalized spacial score (nSPS) is 15.7. The van der Waals surface area contributed by atoms with Crippen molar-refractivity contribution < 1.29 is 4.74 Å². The molecule has 1 aromatic carbocycles. The predicted molar refractivity (Wildman–Crippen MR) is 107 cm³/mol. The summed E-state index contributed by atoms with van der Waals surface area (Å²) in [7, 11) is 0. The van der Waals surface area contributed by atoms with Gasteiger partial charge >= 0.3 is 0 Å². The largest absolute Gasteiger partial charge is 0.378 e. The summed E-state index contributed by atoms with van der Waals surface area (Å²) in [6.45, 7) is 3.60. The molecule has 1 atom stereocenters. The second-order valence-electron chi connectivity index (χ2n) is 6.70. The maximum atomic E-state index is 6.33. The first-order valence-electron chi connectivity index (χ1n) is 9.27. The summed E-state index contributed by atoms with van der Waals surface area (Å²) in [6, 6.07) is 12.2. The van der Waals surface area contributed by atoms with E-state index in [9.17, 15) is 0 Å². The Morgan fingerprint density at radius 2 is 1.93 bits per heavy atom. The van der Waals surface area contributed by atoms with Crippen LogP contribution < -0.4 is 16.0 Å². The summed E-state index contributed by atoms with van der Waals surface area (Å²) < 4.78 is 5.43. The quantitative estimate of drug-likeness (QED) is 0.690. The molecular weight excluding hydrogens is 340 g/mol. The molecule has 3 heterocycles. The van der Waals surface area contributed by atoms with E-state index in [1.54, 1.807) is 12.4 Å². The van der Waals surface area contributed by atoms with Crippen LogP contribution in [0.4, 0.5) is 11.8 Å². The van der Waals surface area contributed by atoms with Gasteiger partial charge in [-0.3, -0.25) is 4.98 Å². The van der Waals surface area contributed by atoms with E-state index in [1.165, 1.54) is 5.56 Å². The molecule has 1 unspecified atom stereocenters. The van der Waals surface area contributed by atoms with E-state index >= 15 is 0 Å². The van der Waals surface area contributed by atoms with Crippen LogP contribution in [0.15, 0.2) is 48.8 Å². The maximum absolute atomic E-state index is 6.33. The van der Waals surface area contributed by atoms with Gasteiger partial charge in [-0.25, -0.2) is 4.98 Å². The van der Waals surface area contributed by atoms with Crippen molar-refractivity contribution in [2.75, 3.05) is 43.1 Å². The Kier molecular flexibility index (Phi) is 5.41. The molecule has 4 rings (SSSR count). The summed E-state index contributed by atoms with van der Waals surface area (Å²) in [4.78, 5) is 15.8. The maximum Gasteiger partial charge on any atom is 0.228 e. The summed E-state index contributed by atoms with van der Waals surface area (Å²) in [5, 5.41) is 4.38. The van der Waals surface area contributed by atoms with Crippen LogP contribution in [-0.2, 0) is 11.2 Å². The molecule has 1 aliphatic rings. The Morgan fingerprint density at radius 3 is 2.74 bits per heavy atom. The van der Waals surface area contributed by atoms with Crippen molar-refractivity contribution in [1.82, 2.24) is 15.0 Å². The third kappa shape index (κ3) is 4.32. The van der Waals surface area contributed by atoms with Gasteiger partial charge < -0.3 is 20.7 Å². The van der Waals surface area contributed by atoms with Crippen LogP contribution in [0.3, 0.4) is 0 Å². The lowest BCUT2D eigenvalue weighted by atomic mass is 10.1. The first-order valence-corrected chi connectivity index (χ1v) is 9.27. The number of morpholine rings is 1. The van der Waals surface area contributed by atoms with Crippen LogP contribution >= 0.6 is 0 Å². The standard InChI is InChI=1S/C20H24N6O/c21-16(12-15-4-2-1-3-5-15)13-23-19-17-6-7-22-14-18(17)24-20(25-19)26-8-10-27-11-9-26/h1-7,14,16H,8-13,21H2,(H,23,24,25). The Labute approximate surface area is 158 Å². The topological polar surface area (TPSA) is 89.2 Å². The number of benzene rings is 1. The average molecular weight is 364 g/mol. The molecule has 1 aliphatic heterocycles. The fourth-order valence-corrected chi connectivity index (χ4v) is 3.22. The van der Waals surface area contributed by atoms with Crippen LogP contribution in [0, 0.1) is 0 Å². The fraction of sp³-hybridized carbons (Fsp3) is 0.350. The monoisotopic (exact) mass is 364 g/mol. The van der Waals surface area contributed by atoms with E-state index in [0.717, 1.165) is 36.2 Å². The zero-order chi connectivity index (χ0) is 18.5. The number of aromatic nitrogens is 3. The highest BCUT2D eigenvalue weighted by Gasteiger charge is 2.17. The predicted octanol–water partition coefficient (Wildman–Crippen LogP) is 1.84. The lowest BCUT2D eigenvalue weighted by Gasteiger charge is -2.27. The number of rotatable bonds is 6. The Bertz CT molecular complexity index is 882. The first-order chi connectivity index (χ1) is 13.3. The Balaban J connectivity index is 1.52. The average Bonchev–Trinajstić information content (AvgIpc) is 2.73. The number of ether oxygens (including phenoxy) is 1. The van der Waals surface area contributed by atoms with Crippen molar-refractivity contribution in [3.8, 4) is 0 Å². The number of nitrogens with zero attached hydrogens (tertiary/aromatic N) is 4. The fourth-order valence-electron chi connectivity index (χ4n) is 3.22. The van der Waals surface area contributed by atoms with Crippen molar-refractivity contribution in [1.29, 1.82) is 0 Å². The van der Waals surface area contributed by atoms with Crippen molar-refractivity contribution in [3.63, 3.8) is 0 Å². The van der Waals surface area contributed by atoms with Gasteiger partial charge in [-0.05, 0) is 18.1 Å². The molecular formula is C20H24N6O. The molecule has 0 radical (unpaired) electrons. The molecule has 0 saturated carbocycles. The smallest absolute Gasteiger partial charge is 0.228 e. The van der Waals surface area contributed by atoms with Crippen LogP contribution in [0.1, 0.15) is 5.56 Å². The molecule has 0 amide bonds. The molecule has 2 aromatic heterocycles. The van der Waals surface area contributed by atoms with Crippen LogP contribution in [0.25, 0.3) is 10.9 Å². The second kappa shape index (κ2) is 8.28. The molecule has 0 bridgehead atoms. The molecule has 7 nitrogen and oxygen atoms in total. The number of anilines is 2. The molecule has 0 spiro atoms. The van der Waals surface area contributed by atoms with Gasteiger partial charge in [-0.2, -0.15) is 4.98 Å². The van der Waals surface area contributed by atoms with Crippen molar-refractivity contribution in [3.05, 3.63) is 54.4 Å². The lowest BCUT2D eigenvalue weighted by Crippen LogP contribution is -2.37. The third-order valence-corrected chi connectivity index (χ3v) is 4.65. The lowest BCUT2D eigenvalue weighted by molar-refractivity contribution is 0.122. The van der Waals surface area contributed by atoms with Gasteiger partial charge in [0.2, 0.25) is 5.95 Å². The minimum atomic E-state index is -0.00825. The number of hydrogen-bond acceptors (Lipinski definition) is 7. The van der Waals surface area contributed by atoms with E-state index in [1.807, 2.05) is 24.3 Å². The molecule has 1 fully saturated rings. The minimum Gasteiger partial charge on any atom is -0.378 e. The molecule has 3 N–H and O–H groups in total. The van der Waals surface area contributed by atoms with Gasteiger partial charge in [0.1, 0.15) is 5.82 Å². The summed E-state index contributed by atoms with van der Waals surface area (Å²) in [5.74, 6) is 1.50. The number of nitrogens with one attached hydrogen (secondary N) is 1. The molecule has 0 aliphatic carbocycles. The molecule has 1 saturated heterocycles. The van der Waals surface area contributed by atoms with Gasteiger partial charge in [-0.15, -0.1) is 0 Å².